The Labute approximate surface area is 92.6 Å². The van der Waals surface area contributed by atoms with Crippen molar-refractivity contribution in [2.75, 3.05) is 13.1 Å². The van der Waals surface area contributed by atoms with E-state index in [1.165, 1.54) is 0 Å². The van der Waals surface area contributed by atoms with Crippen LogP contribution in [0.3, 0.4) is 0 Å². The normalized spacial score (nSPS) is 17.9. The number of nitrogens with two attached hydrogens (primary N) is 1. The molecule has 1 saturated heterocycles. The van der Waals surface area contributed by atoms with E-state index in [1.54, 1.807) is 10.9 Å². The summed E-state index contributed by atoms with van der Waals surface area (Å²) in [6.07, 6.45) is 3.63. The van der Waals surface area contributed by atoms with Gasteiger partial charge in [0.1, 0.15) is 0 Å². The maximum atomic E-state index is 11.0. The van der Waals surface area contributed by atoms with Gasteiger partial charge in [-0.1, -0.05) is 11.6 Å². The summed E-state index contributed by atoms with van der Waals surface area (Å²) in [5.74, 6) is -0.528. The Morgan fingerprint density at radius 3 is 2.80 bits per heavy atom. The van der Waals surface area contributed by atoms with Crippen molar-refractivity contribution in [1.29, 1.82) is 0 Å². The SMILES string of the molecule is NC(=O)c1cn(C2CCNCC2)nc1Cl. The zero-order valence-electron chi connectivity index (χ0n) is 8.24. The summed E-state index contributed by atoms with van der Waals surface area (Å²) in [4.78, 5) is 11.0. The lowest BCUT2D eigenvalue weighted by Gasteiger charge is -2.22. The van der Waals surface area contributed by atoms with Gasteiger partial charge in [-0.3, -0.25) is 9.48 Å². The Morgan fingerprint density at radius 1 is 1.60 bits per heavy atom. The maximum absolute atomic E-state index is 11.0. The standard InChI is InChI=1S/C9H13ClN4O/c10-8-7(9(11)15)5-14(13-8)6-1-3-12-4-2-6/h5-6,12H,1-4H2,(H2,11,15). The highest BCUT2D eigenvalue weighted by Gasteiger charge is 2.19. The molecular weight excluding hydrogens is 216 g/mol. The highest BCUT2D eigenvalue weighted by atomic mass is 35.5. The summed E-state index contributed by atoms with van der Waals surface area (Å²) in [6.45, 7) is 1.93. The van der Waals surface area contributed by atoms with E-state index in [1.807, 2.05) is 0 Å². The third-order valence-corrected chi connectivity index (χ3v) is 2.91. The van der Waals surface area contributed by atoms with Crippen LogP contribution in [0.5, 0.6) is 0 Å². The minimum absolute atomic E-state index is 0.195. The second-order valence-electron chi connectivity index (χ2n) is 3.66. The summed E-state index contributed by atoms with van der Waals surface area (Å²) < 4.78 is 1.75. The molecule has 0 bridgehead atoms. The zero-order valence-corrected chi connectivity index (χ0v) is 9.00. The van der Waals surface area contributed by atoms with E-state index in [0.29, 0.717) is 11.6 Å². The number of carbonyl (C=O) groups is 1. The molecule has 2 rings (SSSR count). The summed E-state index contributed by atoms with van der Waals surface area (Å²) in [7, 11) is 0. The van der Waals surface area contributed by atoms with E-state index >= 15 is 0 Å². The number of amides is 1. The lowest BCUT2D eigenvalue weighted by molar-refractivity contribution is 0.100. The van der Waals surface area contributed by atoms with Gasteiger partial charge in [0.15, 0.2) is 5.15 Å². The van der Waals surface area contributed by atoms with Crippen molar-refractivity contribution in [2.45, 2.75) is 18.9 Å². The first kappa shape index (κ1) is 10.4. The molecule has 2 heterocycles. The van der Waals surface area contributed by atoms with E-state index in [0.717, 1.165) is 25.9 Å². The molecule has 0 radical (unpaired) electrons. The highest BCUT2D eigenvalue weighted by molar-refractivity contribution is 6.32. The van der Waals surface area contributed by atoms with Crippen molar-refractivity contribution in [3.63, 3.8) is 0 Å². The number of aromatic nitrogens is 2. The molecule has 3 N–H and O–H groups in total. The number of piperidine rings is 1. The summed E-state index contributed by atoms with van der Waals surface area (Å²) in [5.41, 5.74) is 5.47. The van der Waals surface area contributed by atoms with Gasteiger partial charge in [0.25, 0.3) is 5.91 Å². The molecule has 5 nitrogen and oxygen atoms in total. The van der Waals surface area contributed by atoms with Gasteiger partial charge >= 0.3 is 0 Å². The second-order valence-corrected chi connectivity index (χ2v) is 4.02. The molecule has 1 fully saturated rings. The molecule has 0 spiro atoms. The molecule has 1 aliphatic rings. The van der Waals surface area contributed by atoms with E-state index in [-0.39, 0.29) is 5.15 Å². The Balaban J connectivity index is 2.21. The van der Waals surface area contributed by atoms with Gasteiger partial charge in [-0.2, -0.15) is 5.10 Å². The predicted molar refractivity (Wildman–Crippen MR) is 56.9 cm³/mol. The van der Waals surface area contributed by atoms with Crippen molar-refractivity contribution < 1.29 is 4.79 Å². The average Bonchev–Trinajstić information content (AvgIpc) is 2.62. The van der Waals surface area contributed by atoms with Crippen LogP contribution in [0.25, 0.3) is 0 Å². The number of rotatable bonds is 2. The predicted octanol–water partition coefficient (Wildman–Crippen LogP) is 0.560. The van der Waals surface area contributed by atoms with Gasteiger partial charge in [0.05, 0.1) is 11.6 Å². The fraction of sp³-hybridized carbons (Fsp3) is 0.556. The lowest BCUT2D eigenvalue weighted by atomic mass is 10.1. The van der Waals surface area contributed by atoms with E-state index in [9.17, 15) is 4.79 Å². The third-order valence-electron chi connectivity index (χ3n) is 2.64. The summed E-state index contributed by atoms with van der Waals surface area (Å²) >= 11 is 5.81. The molecule has 0 aliphatic carbocycles. The number of hydrogen-bond donors (Lipinski definition) is 2. The topological polar surface area (TPSA) is 72.9 Å². The van der Waals surface area contributed by atoms with Gasteiger partial charge in [-0.15, -0.1) is 0 Å². The number of hydrogen-bond acceptors (Lipinski definition) is 3. The third kappa shape index (κ3) is 2.13. The van der Waals surface area contributed by atoms with Crippen LogP contribution in [0.1, 0.15) is 29.2 Å². The molecular formula is C9H13ClN4O. The number of nitrogens with zero attached hydrogens (tertiary/aromatic N) is 2. The number of primary amides is 1. The van der Waals surface area contributed by atoms with Crippen molar-refractivity contribution in [3.8, 4) is 0 Å². The van der Waals surface area contributed by atoms with Gasteiger partial charge in [0, 0.05) is 6.20 Å². The maximum Gasteiger partial charge on any atom is 0.253 e. The smallest absolute Gasteiger partial charge is 0.253 e. The zero-order chi connectivity index (χ0) is 10.8. The van der Waals surface area contributed by atoms with Crippen molar-refractivity contribution in [2.24, 2.45) is 5.73 Å². The fourth-order valence-corrected chi connectivity index (χ4v) is 2.02. The number of halogens is 1. The van der Waals surface area contributed by atoms with Crippen molar-refractivity contribution >= 4 is 17.5 Å². The molecule has 6 heteroatoms. The molecule has 0 aromatic carbocycles. The first-order valence-corrected chi connectivity index (χ1v) is 5.31. The van der Waals surface area contributed by atoms with Crippen molar-refractivity contribution in [1.82, 2.24) is 15.1 Å². The van der Waals surface area contributed by atoms with Crippen LogP contribution in [-0.4, -0.2) is 28.8 Å². The summed E-state index contributed by atoms with van der Waals surface area (Å²) in [5, 5.41) is 7.57. The van der Waals surface area contributed by atoms with Crippen LogP contribution in [-0.2, 0) is 0 Å². The van der Waals surface area contributed by atoms with Crippen LogP contribution < -0.4 is 11.1 Å². The molecule has 0 atom stereocenters. The largest absolute Gasteiger partial charge is 0.365 e. The Bertz CT molecular complexity index is 370. The molecule has 1 aromatic heterocycles. The summed E-state index contributed by atoms with van der Waals surface area (Å²) in [6, 6.07) is 0.317. The van der Waals surface area contributed by atoms with Gasteiger partial charge in [-0.05, 0) is 25.9 Å². The molecule has 0 unspecified atom stereocenters. The van der Waals surface area contributed by atoms with Crippen LogP contribution in [0.4, 0.5) is 0 Å². The van der Waals surface area contributed by atoms with E-state index in [2.05, 4.69) is 10.4 Å². The Morgan fingerprint density at radius 2 is 2.27 bits per heavy atom. The number of carbonyl (C=O) groups excluding carboxylic acids is 1. The van der Waals surface area contributed by atoms with E-state index < -0.39 is 5.91 Å². The van der Waals surface area contributed by atoms with Crippen LogP contribution in [0, 0.1) is 0 Å². The van der Waals surface area contributed by atoms with Gasteiger partial charge in [-0.25, -0.2) is 0 Å². The molecule has 1 aromatic rings. The fourth-order valence-electron chi connectivity index (χ4n) is 1.79. The van der Waals surface area contributed by atoms with Gasteiger partial charge in [0.2, 0.25) is 0 Å². The van der Waals surface area contributed by atoms with Crippen LogP contribution >= 0.6 is 11.6 Å². The molecule has 1 amide bonds. The van der Waals surface area contributed by atoms with Gasteiger partial charge < -0.3 is 11.1 Å². The Hall–Kier alpha value is -1.07. The first-order valence-electron chi connectivity index (χ1n) is 4.93. The highest BCUT2D eigenvalue weighted by Crippen LogP contribution is 2.21. The minimum Gasteiger partial charge on any atom is -0.365 e. The quantitative estimate of drug-likeness (QED) is 0.777. The Kier molecular flexibility index (Phi) is 2.93. The van der Waals surface area contributed by atoms with Crippen molar-refractivity contribution in [3.05, 3.63) is 16.9 Å². The first-order chi connectivity index (χ1) is 7.18. The van der Waals surface area contributed by atoms with Crippen LogP contribution in [0.2, 0.25) is 5.15 Å². The minimum atomic E-state index is -0.528. The average molecular weight is 229 g/mol. The monoisotopic (exact) mass is 228 g/mol. The molecule has 15 heavy (non-hydrogen) atoms. The molecule has 1 aliphatic heterocycles. The van der Waals surface area contributed by atoms with Crippen LogP contribution in [0.15, 0.2) is 6.20 Å². The molecule has 82 valence electrons. The number of nitrogens with one attached hydrogen (secondary N) is 1. The lowest BCUT2D eigenvalue weighted by Crippen LogP contribution is -2.29. The second kappa shape index (κ2) is 4.20. The van der Waals surface area contributed by atoms with E-state index in [4.69, 9.17) is 17.3 Å². The molecule has 0 saturated carbocycles.